The average Bonchev–Trinajstić information content (AvgIpc) is 3.30. The lowest BCUT2D eigenvalue weighted by atomic mass is 10.0. The van der Waals surface area contributed by atoms with Gasteiger partial charge in [-0.3, -0.25) is 9.36 Å². The number of aryl methyl sites for hydroxylation is 1. The number of ether oxygens (including phenoxy) is 1. The Morgan fingerprint density at radius 2 is 1.73 bits per heavy atom. The number of H-pyrrole nitrogens is 1. The van der Waals surface area contributed by atoms with Gasteiger partial charge < -0.3 is 30.2 Å². The fraction of sp³-hybridized carbons (Fsp3) is 0.500. The molecule has 11 heteroatoms. The summed E-state index contributed by atoms with van der Waals surface area (Å²) in [7, 11) is 4.11. The molecule has 0 saturated carbocycles. The number of carbonyl (C=O) groups excluding carboxylic acids is 2. The predicted octanol–water partition coefficient (Wildman–Crippen LogP) is 3.81. The zero-order valence-electron chi connectivity index (χ0n) is 23.9. The Morgan fingerprint density at radius 1 is 1.07 bits per heavy atom. The normalized spacial score (nSPS) is 17.8. The molecule has 3 aromatic rings. The van der Waals surface area contributed by atoms with E-state index in [1.54, 1.807) is 20.4 Å². The van der Waals surface area contributed by atoms with Gasteiger partial charge in [0.1, 0.15) is 0 Å². The van der Waals surface area contributed by atoms with Crippen LogP contribution in [0.4, 0.5) is 10.5 Å². The zero-order chi connectivity index (χ0) is 29.3. The van der Waals surface area contributed by atoms with Crippen LogP contribution in [0.1, 0.15) is 42.9 Å². The summed E-state index contributed by atoms with van der Waals surface area (Å²) >= 11 is 6.34. The predicted molar refractivity (Wildman–Crippen MR) is 160 cm³/mol. The molecular formula is C30H39ClN6O4. The second-order valence-corrected chi connectivity index (χ2v) is 11.8. The highest BCUT2D eigenvalue weighted by Crippen LogP contribution is 2.28. The maximum absolute atomic E-state index is 13.7. The minimum Gasteiger partial charge on any atom is -0.436 e. The summed E-state index contributed by atoms with van der Waals surface area (Å²) in [5, 5.41) is 0.416. The van der Waals surface area contributed by atoms with Crippen LogP contribution >= 0.6 is 11.6 Å². The number of rotatable bonds is 6. The maximum Gasteiger partial charge on any atom is 0.410 e. The average molecular weight is 583 g/mol. The van der Waals surface area contributed by atoms with E-state index in [1.165, 1.54) is 0 Å². The quantitative estimate of drug-likeness (QED) is 0.427. The summed E-state index contributed by atoms with van der Waals surface area (Å²) in [6, 6.07) is 11.6. The molecule has 0 radical (unpaired) electrons. The Hall–Kier alpha value is -3.50. The largest absolute Gasteiger partial charge is 0.436 e. The van der Waals surface area contributed by atoms with E-state index in [9.17, 15) is 14.4 Å². The van der Waals surface area contributed by atoms with Crippen molar-refractivity contribution in [1.82, 2.24) is 24.3 Å². The fourth-order valence-corrected chi connectivity index (χ4v) is 6.37. The minimum atomic E-state index is -0.980. The van der Waals surface area contributed by atoms with E-state index in [4.69, 9.17) is 22.1 Å². The number of aromatic amines is 1. The van der Waals surface area contributed by atoms with E-state index < -0.39 is 12.2 Å². The highest BCUT2D eigenvalue weighted by Gasteiger charge is 2.34. The van der Waals surface area contributed by atoms with E-state index in [-0.39, 0.29) is 24.1 Å². The van der Waals surface area contributed by atoms with Crippen LogP contribution < -0.4 is 11.4 Å². The zero-order valence-corrected chi connectivity index (χ0v) is 24.7. The van der Waals surface area contributed by atoms with Gasteiger partial charge in [0.05, 0.1) is 21.7 Å². The molecule has 0 unspecified atom stereocenters. The van der Waals surface area contributed by atoms with Crippen molar-refractivity contribution in [1.29, 1.82) is 0 Å². The molecule has 0 bridgehead atoms. The number of aromatic nitrogens is 2. The van der Waals surface area contributed by atoms with Gasteiger partial charge in [0.15, 0.2) is 6.10 Å². The number of benzene rings is 2. The number of nitrogens with one attached hydrogen (secondary N) is 1. The molecule has 41 heavy (non-hydrogen) atoms. The van der Waals surface area contributed by atoms with Crippen LogP contribution in [0.25, 0.3) is 11.0 Å². The minimum absolute atomic E-state index is 0.0296. The van der Waals surface area contributed by atoms with Gasteiger partial charge in [0, 0.05) is 44.7 Å². The lowest BCUT2D eigenvalue weighted by Gasteiger charge is -2.37. The third kappa shape index (κ3) is 6.23. The van der Waals surface area contributed by atoms with Crippen LogP contribution in [0.15, 0.2) is 41.2 Å². The molecule has 0 spiro atoms. The Balaban J connectivity index is 1.28. The Labute approximate surface area is 245 Å². The van der Waals surface area contributed by atoms with Crippen LogP contribution in [-0.2, 0) is 16.0 Å². The first-order valence-electron chi connectivity index (χ1n) is 14.3. The van der Waals surface area contributed by atoms with Crippen LogP contribution in [0.5, 0.6) is 0 Å². The number of hydrogen-bond donors (Lipinski definition) is 2. The van der Waals surface area contributed by atoms with Gasteiger partial charge >= 0.3 is 11.8 Å². The molecule has 2 aliphatic heterocycles. The third-order valence-electron chi connectivity index (χ3n) is 8.55. The molecule has 1 aromatic heterocycles. The van der Waals surface area contributed by atoms with Gasteiger partial charge in [0.25, 0.3) is 5.91 Å². The van der Waals surface area contributed by atoms with E-state index in [2.05, 4.69) is 24.0 Å². The number of anilines is 1. The number of nitrogens with zero attached hydrogens (tertiary/aromatic N) is 4. The smallest absolute Gasteiger partial charge is 0.410 e. The Bertz CT molecular complexity index is 1440. The van der Waals surface area contributed by atoms with Crippen molar-refractivity contribution in [2.24, 2.45) is 0 Å². The monoisotopic (exact) mass is 582 g/mol. The highest BCUT2D eigenvalue weighted by atomic mass is 35.5. The van der Waals surface area contributed by atoms with Crippen LogP contribution in [0, 0.1) is 6.92 Å². The number of halogens is 1. The number of piperidine rings is 2. The molecule has 2 aromatic carbocycles. The van der Waals surface area contributed by atoms with Gasteiger partial charge in [-0.2, -0.15) is 0 Å². The molecular weight excluding hydrogens is 544 g/mol. The number of fused-ring (bicyclic) bond motifs is 1. The van der Waals surface area contributed by atoms with Gasteiger partial charge in [-0.1, -0.05) is 29.8 Å². The lowest BCUT2D eigenvalue weighted by molar-refractivity contribution is -0.142. The molecule has 1 atom stereocenters. The SMILES string of the molecule is Cc1cc(C[C@@H](OC(=O)N2CCC(n3c(=O)[nH]c4ccccc43)CC2)C(=O)N2CCC(N(C)C)CC2)cc(Cl)c1N. The summed E-state index contributed by atoms with van der Waals surface area (Å²) in [5.41, 5.74) is 9.64. The van der Waals surface area contributed by atoms with Crippen molar-refractivity contribution >= 4 is 40.3 Å². The van der Waals surface area contributed by atoms with Crippen molar-refractivity contribution in [3.63, 3.8) is 0 Å². The van der Waals surface area contributed by atoms with Gasteiger partial charge in [0.2, 0.25) is 0 Å². The fourth-order valence-electron chi connectivity index (χ4n) is 6.08. The third-order valence-corrected chi connectivity index (χ3v) is 8.87. The summed E-state index contributed by atoms with van der Waals surface area (Å²) in [6.07, 6.45) is 1.67. The second-order valence-electron chi connectivity index (χ2n) is 11.4. The molecule has 2 amide bonds. The molecule has 3 heterocycles. The number of hydrogen-bond acceptors (Lipinski definition) is 6. The molecule has 10 nitrogen and oxygen atoms in total. The number of nitrogens with two attached hydrogens (primary N) is 1. The summed E-state index contributed by atoms with van der Waals surface area (Å²) in [4.78, 5) is 48.3. The number of nitrogen functional groups attached to an aromatic ring is 1. The molecule has 2 aliphatic rings. The second kappa shape index (κ2) is 12.2. The van der Waals surface area contributed by atoms with Crippen LogP contribution in [-0.4, -0.2) is 88.7 Å². The maximum atomic E-state index is 13.7. The summed E-state index contributed by atoms with van der Waals surface area (Å²) < 4.78 is 7.74. The van der Waals surface area contributed by atoms with Crippen LogP contribution in [0.3, 0.4) is 0 Å². The van der Waals surface area contributed by atoms with E-state index in [0.29, 0.717) is 55.8 Å². The number of imidazole rings is 1. The number of likely N-dealkylation sites (tertiary alicyclic amines) is 2. The molecule has 3 N–H and O–H groups in total. The Kier molecular flexibility index (Phi) is 8.60. The standard InChI is InChI=1S/C30H39ClN6O4/c1-19-16-20(17-23(31)27(19)32)18-26(28(38)35-12-8-21(9-13-35)34(2)3)41-30(40)36-14-10-22(11-15-36)37-25-7-5-4-6-24(25)33-29(37)39/h4-7,16-17,21-22,26H,8-15,18,32H2,1-3H3,(H,33,39)/t26-/m1/s1. The first-order valence-corrected chi connectivity index (χ1v) is 14.6. The van der Waals surface area contributed by atoms with E-state index in [0.717, 1.165) is 35.0 Å². The van der Waals surface area contributed by atoms with Gasteiger partial charge in [-0.05, 0) is 76.0 Å². The highest BCUT2D eigenvalue weighted by molar-refractivity contribution is 6.33. The molecule has 220 valence electrons. The first-order chi connectivity index (χ1) is 19.6. The van der Waals surface area contributed by atoms with E-state index >= 15 is 0 Å². The van der Waals surface area contributed by atoms with Crippen molar-refractivity contribution in [2.45, 2.75) is 57.2 Å². The molecule has 2 saturated heterocycles. The number of carbonyl (C=O) groups is 2. The summed E-state index contributed by atoms with van der Waals surface area (Å²) in [5.74, 6) is -0.193. The topological polar surface area (TPSA) is 117 Å². The number of amides is 2. The van der Waals surface area contributed by atoms with Crippen molar-refractivity contribution in [3.8, 4) is 0 Å². The van der Waals surface area contributed by atoms with E-state index in [1.807, 2.05) is 37.3 Å². The molecule has 5 rings (SSSR count). The summed E-state index contributed by atoms with van der Waals surface area (Å²) in [6.45, 7) is 3.95. The van der Waals surface area contributed by atoms with Crippen molar-refractivity contribution in [2.75, 3.05) is 46.0 Å². The molecule has 0 aliphatic carbocycles. The molecule has 2 fully saturated rings. The van der Waals surface area contributed by atoms with Crippen molar-refractivity contribution in [3.05, 3.63) is 63.0 Å². The number of para-hydroxylation sites is 2. The van der Waals surface area contributed by atoms with Gasteiger partial charge in [-0.15, -0.1) is 0 Å². The van der Waals surface area contributed by atoms with Crippen molar-refractivity contribution < 1.29 is 14.3 Å². The van der Waals surface area contributed by atoms with Crippen LogP contribution in [0.2, 0.25) is 5.02 Å². The Morgan fingerprint density at radius 3 is 2.39 bits per heavy atom. The van der Waals surface area contributed by atoms with Gasteiger partial charge in [-0.25, -0.2) is 9.59 Å². The first kappa shape index (κ1) is 29.0. The lowest BCUT2D eigenvalue weighted by Crippen LogP contribution is -2.50.